The Morgan fingerprint density at radius 3 is 3.06 bits per heavy atom. The van der Waals surface area contributed by atoms with Crippen molar-refractivity contribution >= 4 is 11.6 Å². The van der Waals surface area contributed by atoms with Crippen molar-refractivity contribution in [3.8, 4) is 0 Å². The molecule has 96 valence electrons. The van der Waals surface area contributed by atoms with Gasteiger partial charge in [0.1, 0.15) is 12.2 Å². The van der Waals surface area contributed by atoms with E-state index in [9.17, 15) is 0 Å². The second kappa shape index (κ2) is 6.36. The van der Waals surface area contributed by atoms with Gasteiger partial charge in [-0.15, -0.1) is 11.6 Å². The van der Waals surface area contributed by atoms with E-state index in [-0.39, 0.29) is 0 Å². The fraction of sp³-hybridized carbons (Fsp3) is 0.833. The zero-order valence-electron chi connectivity index (χ0n) is 10.4. The van der Waals surface area contributed by atoms with Crippen LogP contribution in [0, 0.1) is 5.92 Å². The first kappa shape index (κ1) is 12.8. The van der Waals surface area contributed by atoms with Crippen molar-refractivity contribution in [1.82, 2.24) is 20.1 Å². The van der Waals surface area contributed by atoms with Gasteiger partial charge >= 0.3 is 0 Å². The monoisotopic (exact) mass is 256 g/mol. The molecule has 1 aliphatic carbocycles. The predicted octanol–water partition coefficient (Wildman–Crippen LogP) is 2.19. The van der Waals surface area contributed by atoms with Gasteiger partial charge < -0.3 is 5.32 Å². The van der Waals surface area contributed by atoms with Crippen LogP contribution in [0.5, 0.6) is 0 Å². The van der Waals surface area contributed by atoms with Crippen LogP contribution in [0.25, 0.3) is 0 Å². The van der Waals surface area contributed by atoms with Gasteiger partial charge in [0, 0.05) is 11.9 Å². The van der Waals surface area contributed by atoms with Gasteiger partial charge in [0.25, 0.3) is 0 Å². The lowest BCUT2D eigenvalue weighted by Crippen LogP contribution is -2.31. The largest absolute Gasteiger partial charge is 0.310 e. The third-order valence-electron chi connectivity index (χ3n) is 3.50. The van der Waals surface area contributed by atoms with Crippen LogP contribution in [0.2, 0.25) is 0 Å². The van der Waals surface area contributed by atoms with Crippen LogP contribution in [0.4, 0.5) is 0 Å². The van der Waals surface area contributed by atoms with Crippen molar-refractivity contribution in [1.29, 1.82) is 0 Å². The minimum Gasteiger partial charge on any atom is -0.310 e. The number of halogens is 1. The first-order valence-corrected chi connectivity index (χ1v) is 6.96. The molecule has 5 heteroatoms. The Morgan fingerprint density at radius 2 is 2.29 bits per heavy atom. The summed E-state index contributed by atoms with van der Waals surface area (Å²) in [5, 5.41) is 7.96. The number of nitrogens with one attached hydrogen (secondary N) is 1. The van der Waals surface area contributed by atoms with E-state index in [0.29, 0.717) is 11.3 Å². The summed E-state index contributed by atoms with van der Waals surface area (Å²) >= 11 is 6.33. The Labute approximate surface area is 108 Å². The Balaban J connectivity index is 1.75. The molecule has 0 bridgehead atoms. The third kappa shape index (κ3) is 3.42. The highest BCUT2D eigenvalue weighted by Gasteiger charge is 2.22. The summed E-state index contributed by atoms with van der Waals surface area (Å²) < 4.78 is 1.92. The number of aromatic nitrogens is 3. The second-order valence-electron chi connectivity index (χ2n) is 4.68. The zero-order valence-corrected chi connectivity index (χ0v) is 11.2. The molecule has 0 saturated heterocycles. The standard InChI is InChI=1S/C12H21ClN4/c1-2-17-12(15-9-16-17)8-14-7-10-5-3-4-6-11(10)13/h9-11,14H,2-8H2,1H3. The summed E-state index contributed by atoms with van der Waals surface area (Å²) in [5.41, 5.74) is 0. The molecule has 0 aliphatic heterocycles. The van der Waals surface area contributed by atoms with Crippen LogP contribution < -0.4 is 5.32 Å². The maximum atomic E-state index is 6.33. The van der Waals surface area contributed by atoms with Crippen molar-refractivity contribution in [2.75, 3.05) is 6.54 Å². The minimum absolute atomic E-state index is 0.347. The van der Waals surface area contributed by atoms with E-state index in [1.54, 1.807) is 6.33 Å². The normalized spacial score (nSPS) is 25.1. The summed E-state index contributed by atoms with van der Waals surface area (Å²) in [4.78, 5) is 4.25. The smallest absolute Gasteiger partial charge is 0.140 e. The van der Waals surface area contributed by atoms with Crippen LogP contribution in [0.1, 0.15) is 38.4 Å². The van der Waals surface area contributed by atoms with Crippen molar-refractivity contribution < 1.29 is 0 Å². The van der Waals surface area contributed by atoms with Gasteiger partial charge in [0.15, 0.2) is 0 Å². The van der Waals surface area contributed by atoms with Crippen molar-refractivity contribution in [3.05, 3.63) is 12.2 Å². The Kier molecular flexibility index (Phi) is 4.80. The first-order chi connectivity index (χ1) is 8.31. The molecule has 17 heavy (non-hydrogen) atoms. The van der Waals surface area contributed by atoms with Gasteiger partial charge in [-0.05, 0) is 32.2 Å². The molecule has 2 atom stereocenters. The summed E-state index contributed by atoms with van der Waals surface area (Å²) in [5.74, 6) is 1.62. The van der Waals surface area contributed by atoms with Gasteiger partial charge in [-0.3, -0.25) is 0 Å². The molecule has 1 aliphatic rings. The molecular weight excluding hydrogens is 236 g/mol. The molecule has 0 radical (unpaired) electrons. The van der Waals surface area contributed by atoms with E-state index in [0.717, 1.165) is 25.5 Å². The molecule has 0 aromatic carbocycles. The zero-order chi connectivity index (χ0) is 12.1. The number of alkyl halides is 1. The predicted molar refractivity (Wildman–Crippen MR) is 69.0 cm³/mol. The number of nitrogens with zero attached hydrogens (tertiary/aromatic N) is 3. The molecule has 2 rings (SSSR count). The maximum Gasteiger partial charge on any atom is 0.140 e. The average molecular weight is 257 g/mol. The fourth-order valence-electron chi connectivity index (χ4n) is 2.45. The van der Waals surface area contributed by atoms with Crippen LogP contribution in [0.3, 0.4) is 0 Å². The van der Waals surface area contributed by atoms with Crippen LogP contribution >= 0.6 is 11.6 Å². The number of hydrogen-bond acceptors (Lipinski definition) is 3. The summed E-state index contributed by atoms with van der Waals surface area (Å²) in [6.07, 6.45) is 6.64. The Hall–Kier alpha value is -0.610. The molecule has 1 saturated carbocycles. The van der Waals surface area contributed by atoms with E-state index in [2.05, 4.69) is 22.3 Å². The SMILES string of the molecule is CCn1ncnc1CNCC1CCCCC1Cl. The lowest BCUT2D eigenvalue weighted by Gasteiger charge is -2.27. The van der Waals surface area contributed by atoms with Gasteiger partial charge in [0.05, 0.1) is 6.54 Å². The maximum absolute atomic E-state index is 6.33. The van der Waals surface area contributed by atoms with Gasteiger partial charge in [-0.2, -0.15) is 5.10 Å². The average Bonchev–Trinajstić information content (AvgIpc) is 2.79. The molecule has 1 fully saturated rings. The molecular formula is C12H21ClN4. The molecule has 1 N–H and O–H groups in total. The van der Waals surface area contributed by atoms with E-state index in [4.69, 9.17) is 11.6 Å². The molecule has 0 amide bonds. The summed E-state index contributed by atoms with van der Waals surface area (Å²) in [6.45, 7) is 4.73. The number of hydrogen-bond donors (Lipinski definition) is 1. The number of aryl methyl sites for hydroxylation is 1. The van der Waals surface area contributed by atoms with Crippen molar-refractivity contribution in [2.45, 2.75) is 51.1 Å². The van der Waals surface area contributed by atoms with Gasteiger partial charge in [-0.25, -0.2) is 9.67 Å². The second-order valence-corrected chi connectivity index (χ2v) is 5.24. The topological polar surface area (TPSA) is 42.7 Å². The van der Waals surface area contributed by atoms with Crippen LogP contribution in [-0.4, -0.2) is 26.7 Å². The lowest BCUT2D eigenvalue weighted by molar-refractivity contribution is 0.346. The fourth-order valence-corrected chi connectivity index (χ4v) is 2.82. The summed E-state index contributed by atoms with van der Waals surface area (Å²) in [7, 11) is 0. The lowest BCUT2D eigenvalue weighted by atomic mass is 9.89. The quantitative estimate of drug-likeness (QED) is 0.822. The molecule has 2 unspecified atom stereocenters. The molecule has 1 aromatic heterocycles. The molecule has 0 spiro atoms. The Morgan fingerprint density at radius 1 is 1.47 bits per heavy atom. The van der Waals surface area contributed by atoms with E-state index >= 15 is 0 Å². The van der Waals surface area contributed by atoms with E-state index in [1.807, 2.05) is 4.68 Å². The van der Waals surface area contributed by atoms with Crippen LogP contribution in [-0.2, 0) is 13.1 Å². The minimum atomic E-state index is 0.347. The Bertz CT molecular complexity index is 339. The van der Waals surface area contributed by atoms with E-state index in [1.165, 1.54) is 25.7 Å². The molecule has 4 nitrogen and oxygen atoms in total. The van der Waals surface area contributed by atoms with Crippen molar-refractivity contribution in [3.63, 3.8) is 0 Å². The van der Waals surface area contributed by atoms with Crippen LogP contribution in [0.15, 0.2) is 6.33 Å². The molecule has 1 heterocycles. The summed E-state index contributed by atoms with van der Waals surface area (Å²) in [6, 6.07) is 0. The number of rotatable bonds is 5. The molecule has 1 aromatic rings. The van der Waals surface area contributed by atoms with E-state index < -0.39 is 0 Å². The highest BCUT2D eigenvalue weighted by molar-refractivity contribution is 6.20. The first-order valence-electron chi connectivity index (χ1n) is 6.52. The van der Waals surface area contributed by atoms with Crippen molar-refractivity contribution in [2.24, 2.45) is 5.92 Å². The van der Waals surface area contributed by atoms with Gasteiger partial charge in [0.2, 0.25) is 0 Å². The van der Waals surface area contributed by atoms with Gasteiger partial charge in [-0.1, -0.05) is 12.8 Å². The highest BCUT2D eigenvalue weighted by atomic mass is 35.5. The highest BCUT2D eigenvalue weighted by Crippen LogP contribution is 2.27. The third-order valence-corrected chi connectivity index (χ3v) is 4.08.